The van der Waals surface area contributed by atoms with Crippen LogP contribution in [-0.2, 0) is 0 Å². The van der Waals surface area contributed by atoms with E-state index in [9.17, 15) is 0 Å². The first-order valence-electron chi connectivity index (χ1n) is 8.42. The molecule has 21 heavy (non-hydrogen) atoms. The molecule has 0 radical (unpaired) electrons. The maximum atomic E-state index is 6.17. The summed E-state index contributed by atoms with van der Waals surface area (Å²) in [7, 11) is 0. The van der Waals surface area contributed by atoms with Crippen LogP contribution in [0.3, 0.4) is 0 Å². The third-order valence-corrected chi connectivity index (χ3v) is 5.32. The second-order valence-corrected chi connectivity index (χ2v) is 7.82. The summed E-state index contributed by atoms with van der Waals surface area (Å²) in [6.07, 6.45) is 5.87. The van der Waals surface area contributed by atoms with E-state index in [0.29, 0.717) is 23.1 Å². The number of rotatable bonds is 4. The predicted molar refractivity (Wildman–Crippen MR) is 84.8 cm³/mol. The van der Waals surface area contributed by atoms with Gasteiger partial charge in [0.2, 0.25) is 5.89 Å². The molecule has 1 aliphatic rings. The van der Waals surface area contributed by atoms with Gasteiger partial charge in [0, 0.05) is 5.92 Å². The Bertz CT molecular complexity index is 441. The molecule has 0 aliphatic heterocycles. The van der Waals surface area contributed by atoms with E-state index in [2.05, 4.69) is 44.8 Å². The van der Waals surface area contributed by atoms with Crippen LogP contribution >= 0.6 is 0 Å². The van der Waals surface area contributed by atoms with Crippen molar-refractivity contribution in [1.82, 2.24) is 10.1 Å². The van der Waals surface area contributed by atoms with Crippen molar-refractivity contribution in [2.45, 2.75) is 78.7 Å². The zero-order valence-electron chi connectivity index (χ0n) is 14.2. The lowest BCUT2D eigenvalue weighted by atomic mass is 9.70. The van der Waals surface area contributed by atoms with Crippen molar-refractivity contribution in [1.29, 1.82) is 0 Å². The number of hydrogen-bond acceptors (Lipinski definition) is 4. The van der Waals surface area contributed by atoms with E-state index in [-0.39, 0.29) is 6.04 Å². The first-order chi connectivity index (χ1) is 9.82. The Kier molecular flexibility index (Phi) is 5.07. The van der Waals surface area contributed by atoms with E-state index in [1.807, 2.05) is 0 Å². The van der Waals surface area contributed by atoms with Crippen LogP contribution in [0.2, 0.25) is 0 Å². The summed E-state index contributed by atoms with van der Waals surface area (Å²) in [5.41, 5.74) is 6.58. The van der Waals surface area contributed by atoms with Crippen LogP contribution in [0.25, 0.3) is 0 Å². The van der Waals surface area contributed by atoms with Gasteiger partial charge in [0.25, 0.3) is 0 Å². The minimum atomic E-state index is -0.137. The fourth-order valence-electron chi connectivity index (χ4n) is 3.26. The second-order valence-electron chi connectivity index (χ2n) is 7.82. The Morgan fingerprint density at radius 1 is 1.24 bits per heavy atom. The van der Waals surface area contributed by atoms with E-state index in [1.165, 1.54) is 25.7 Å². The van der Waals surface area contributed by atoms with Gasteiger partial charge < -0.3 is 10.3 Å². The van der Waals surface area contributed by atoms with Gasteiger partial charge in [-0.1, -0.05) is 46.2 Å². The lowest BCUT2D eigenvalue weighted by Gasteiger charge is -2.36. The zero-order valence-corrected chi connectivity index (χ0v) is 14.2. The van der Waals surface area contributed by atoms with Crippen molar-refractivity contribution in [3.63, 3.8) is 0 Å². The van der Waals surface area contributed by atoms with Gasteiger partial charge in [-0.25, -0.2) is 0 Å². The summed E-state index contributed by atoms with van der Waals surface area (Å²) < 4.78 is 5.41. The fourth-order valence-corrected chi connectivity index (χ4v) is 3.26. The Morgan fingerprint density at radius 2 is 1.86 bits per heavy atom. The lowest BCUT2D eigenvalue weighted by Crippen LogP contribution is -2.25. The molecule has 2 rings (SSSR count). The molecule has 1 fully saturated rings. The molecule has 0 spiro atoms. The largest absolute Gasteiger partial charge is 0.338 e. The molecule has 2 unspecified atom stereocenters. The van der Waals surface area contributed by atoms with Gasteiger partial charge in [-0.3, -0.25) is 0 Å². The Hall–Kier alpha value is -0.900. The molecule has 0 bridgehead atoms. The normalized spacial score (nSPS) is 26.6. The van der Waals surface area contributed by atoms with Gasteiger partial charge in [0.1, 0.15) is 0 Å². The second kappa shape index (κ2) is 6.47. The average Bonchev–Trinajstić information content (AvgIpc) is 2.94. The molecular weight excluding hydrogens is 262 g/mol. The zero-order chi connectivity index (χ0) is 15.6. The molecule has 2 N–H and O–H groups in total. The summed E-state index contributed by atoms with van der Waals surface area (Å²) >= 11 is 0. The van der Waals surface area contributed by atoms with E-state index < -0.39 is 0 Å². The summed E-state index contributed by atoms with van der Waals surface area (Å²) in [5.74, 6) is 3.11. The lowest BCUT2D eigenvalue weighted by molar-refractivity contribution is 0.166. The average molecular weight is 293 g/mol. The summed E-state index contributed by atoms with van der Waals surface area (Å²) in [5, 5.41) is 4.20. The quantitative estimate of drug-likeness (QED) is 0.891. The maximum absolute atomic E-state index is 6.17. The van der Waals surface area contributed by atoms with Crippen molar-refractivity contribution >= 4 is 0 Å². The first-order valence-corrected chi connectivity index (χ1v) is 8.42. The molecule has 1 aliphatic carbocycles. The van der Waals surface area contributed by atoms with Crippen LogP contribution in [0.1, 0.15) is 90.4 Å². The summed E-state index contributed by atoms with van der Waals surface area (Å²) in [6, 6.07) is -0.137. The Labute approximate surface area is 128 Å². The standard InChI is InChI=1S/C17H31N3O/c1-6-11(2)14(18)16-19-15(20-21-16)12-7-9-13(10-8-12)17(3,4)5/h11-14H,6-10,18H2,1-5H3. The molecule has 1 heterocycles. The van der Waals surface area contributed by atoms with Crippen LogP contribution in [-0.4, -0.2) is 10.1 Å². The van der Waals surface area contributed by atoms with Gasteiger partial charge in [0.15, 0.2) is 5.82 Å². The molecule has 2 atom stereocenters. The highest BCUT2D eigenvalue weighted by atomic mass is 16.5. The van der Waals surface area contributed by atoms with Gasteiger partial charge in [-0.15, -0.1) is 0 Å². The molecule has 4 nitrogen and oxygen atoms in total. The van der Waals surface area contributed by atoms with Gasteiger partial charge in [-0.2, -0.15) is 4.98 Å². The molecule has 0 aromatic carbocycles. The molecule has 0 saturated heterocycles. The minimum Gasteiger partial charge on any atom is -0.338 e. The van der Waals surface area contributed by atoms with Crippen molar-refractivity contribution in [3.05, 3.63) is 11.7 Å². The van der Waals surface area contributed by atoms with Crippen LogP contribution in [0.5, 0.6) is 0 Å². The third kappa shape index (κ3) is 3.85. The van der Waals surface area contributed by atoms with Crippen LogP contribution in [0, 0.1) is 17.3 Å². The van der Waals surface area contributed by atoms with E-state index in [1.54, 1.807) is 0 Å². The minimum absolute atomic E-state index is 0.137. The number of aromatic nitrogens is 2. The highest BCUT2D eigenvalue weighted by molar-refractivity contribution is 5.01. The van der Waals surface area contributed by atoms with E-state index in [4.69, 9.17) is 10.3 Å². The molecule has 4 heteroatoms. The number of nitrogens with zero attached hydrogens (tertiary/aromatic N) is 2. The van der Waals surface area contributed by atoms with Crippen molar-refractivity contribution in [2.24, 2.45) is 23.0 Å². The van der Waals surface area contributed by atoms with Crippen molar-refractivity contribution in [3.8, 4) is 0 Å². The van der Waals surface area contributed by atoms with Crippen LogP contribution < -0.4 is 5.73 Å². The van der Waals surface area contributed by atoms with Gasteiger partial charge in [-0.05, 0) is 42.9 Å². The van der Waals surface area contributed by atoms with Crippen molar-refractivity contribution in [2.75, 3.05) is 0 Å². The van der Waals surface area contributed by atoms with E-state index in [0.717, 1.165) is 18.2 Å². The highest BCUT2D eigenvalue weighted by Crippen LogP contribution is 2.42. The molecule has 1 aromatic rings. The Balaban J connectivity index is 1.97. The monoisotopic (exact) mass is 293 g/mol. The predicted octanol–water partition coefficient (Wildman–Crippen LogP) is 4.44. The maximum Gasteiger partial charge on any atom is 0.243 e. The topological polar surface area (TPSA) is 64.9 Å². The molecular formula is C17H31N3O. The smallest absolute Gasteiger partial charge is 0.243 e. The molecule has 1 aromatic heterocycles. The summed E-state index contributed by atoms with van der Waals surface area (Å²) in [6.45, 7) is 11.3. The third-order valence-electron chi connectivity index (χ3n) is 5.32. The Morgan fingerprint density at radius 3 is 2.38 bits per heavy atom. The van der Waals surface area contributed by atoms with Crippen LogP contribution in [0.15, 0.2) is 4.52 Å². The molecule has 0 amide bonds. The van der Waals surface area contributed by atoms with E-state index >= 15 is 0 Å². The van der Waals surface area contributed by atoms with Crippen LogP contribution in [0.4, 0.5) is 0 Å². The van der Waals surface area contributed by atoms with Gasteiger partial charge in [0.05, 0.1) is 6.04 Å². The highest BCUT2D eigenvalue weighted by Gasteiger charge is 2.32. The number of hydrogen-bond donors (Lipinski definition) is 1. The van der Waals surface area contributed by atoms with Crippen molar-refractivity contribution < 1.29 is 4.52 Å². The summed E-state index contributed by atoms with van der Waals surface area (Å²) in [4.78, 5) is 4.59. The van der Waals surface area contributed by atoms with Gasteiger partial charge >= 0.3 is 0 Å². The first kappa shape index (κ1) is 16.5. The fraction of sp³-hybridized carbons (Fsp3) is 0.882. The molecule has 1 saturated carbocycles. The number of nitrogens with two attached hydrogens (primary N) is 1. The SMILES string of the molecule is CCC(C)C(N)c1nc(C2CCC(C(C)(C)C)CC2)no1. The molecule has 120 valence electrons.